The Labute approximate surface area is 210 Å². The fraction of sp³-hybridized carbons (Fsp3) is 0.429. The first kappa shape index (κ1) is 30.2. The van der Waals surface area contributed by atoms with Crippen molar-refractivity contribution in [1.29, 1.82) is 0 Å². The summed E-state index contributed by atoms with van der Waals surface area (Å²) in [6, 6.07) is -0.155. The molecule has 14 nitrogen and oxygen atoms in total. The average molecular weight is 529 g/mol. The Morgan fingerprint density at radius 3 is 1.83 bits per heavy atom. The molecular formula is C21H28N4O10S. The molecule has 4 unspecified atom stereocenters. The summed E-state index contributed by atoms with van der Waals surface area (Å²) < 4.78 is 0. The van der Waals surface area contributed by atoms with Crippen LogP contribution in [0, 0.1) is 0 Å². The third-order valence-corrected chi connectivity index (χ3v) is 5.19. The summed E-state index contributed by atoms with van der Waals surface area (Å²) in [6.45, 7) is 0. The highest BCUT2D eigenvalue weighted by molar-refractivity contribution is 7.80. The van der Waals surface area contributed by atoms with Crippen molar-refractivity contribution in [3.05, 3.63) is 29.8 Å². The molecule has 0 aliphatic heterocycles. The van der Waals surface area contributed by atoms with Crippen molar-refractivity contribution in [3.63, 3.8) is 0 Å². The Hall–Kier alpha value is -3.85. The number of carbonyl (C=O) groups excluding carboxylic acids is 3. The highest BCUT2D eigenvalue weighted by Gasteiger charge is 2.31. The smallest absolute Gasteiger partial charge is 0.326 e. The second-order valence-electron chi connectivity index (χ2n) is 7.71. The van der Waals surface area contributed by atoms with E-state index in [9.17, 15) is 39.0 Å². The van der Waals surface area contributed by atoms with Crippen LogP contribution < -0.4 is 21.7 Å². The molecule has 0 spiro atoms. The van der Waals surface area contributed by atoms with Crippen molar-refractivity contribution in [2.45, 2.75) is 49.9 Å². The van der Waals surface area contributed by atoms with Gasteiger partial charge in [-0.3, -0.25) is 24.0 Å². The van der Waals surface area contributed by atoms with Crippen LogP contribution in [0.5, 0.6) is 5.75 Å². The van der Waals surface area contributed by atoms with E-state index in [0.29, 0.717) is 5.56 Å². The predicted molar refractivity (Wildman–Crippen MR) is 126 cm³/mol. The molecule has 0 aromatic heterocycles. The minimum absolute atomic E-state index is 0.0293. The van der Waals surface area contributed by atoms with Crippen LogP contribution in [0.2, 0.25) is 0 Å². The lowest BCUT2D eigenvalue weighted by atomic mass is 10.1. The number of carboxylic acids is 3. The summed E-state index contributed by atoms with van der Waals surface area (Å²) in [5.41, 5.74) is 6.07. The molecule has 0 bridgehead atoms. The van der Waals surface area contributed by atoms with Gasteiger partial charge in [0.1, 0.15) is 23.9 Å². The zero-order valence-corrected chi connectivity index (χ0v) is 19.8. The topological polar surface area (TPSA) is 245 Å². The standard InChI is InChI=1S/C21H28N4O10S/c22-12(5-6-16(27)28)18(31)23-13(8-17(29)30)19(32)25-15(9-36)20(33)24-14(21(34)35)7-10-1-3-11(26)4-2-10/h1-4,12-15,26,36H,5-9,22H2,(H,23,31)(H,24,33)(H,25,32)(H,27,28)(H,29,30)(H,34,35). The van der Waals surface area contributed by atoms with E-state index < -0.39 is 72.6 Å². The fourth-order valence-corrected chi connectivity index (χ4v) is 3.14. The summed E-state index contributed by atoms with van der Waals surface area (Å²) >= 11 is 3.97. The molecular weight excluding hydrogens is 500 g/mol. The van der Waals surface area contributed by atoms with E-state index in [-0.39, 0.29) is 24.3 Å². The predicted octanol–water partition coefficient (Wildman–Crippen LogP) is -1.93. The Kier molecular flexibility index (Phi) is 12.2. The molecule has 0 radical (unpaired) electrons. The van der Waals surface area contributed by atoms with Crippen LogP contribution in [0.4, 0.5) is 0 Å². The molecule has 36 heavy (non-hydrogen) atoms. The highest BCUT2D eigenvalue weighted by atomic mass is 32.1. The Morgan fingerprint density at radius 1 is 0.806 bits per heavy atom. The summed E-state index contributed by atoms with van der Waals surface area (Å²) in [5, 5.41) is 43.2. The molecule has 198 valence electrons. The number of thiol groups is 1. The number of phenols is 1. The van der Waals surface area contributed by atoms with Crippen molar-refractivity contribution in [2.24, 2.45) is 5.73 Å². The molecule has 0 heterocycles. The number of nitrogens with one attached hydrogen (secondary N) is 3. The van der Waals surface area contributed by atoms with Crippen LogP contribution in [0.3, 0.4) is 0 Å². The quantitative estimate of drug-likeness (QED) is 0.113. The zero-order valence-electron chi connectivity index (χ0n) is 18.9. The third kappa shape index (κ3) is 10.6. The van der Waals surface area contributed by atoms with Gasteiger partial charge in [-0.2, -0.15) is 12.6 Å². The number of nitrogens with two attached hydrogens (primary N) is 1. The van der Waals surface area contributed by atoms with E-state index in [4.69, 9.17) is 15.9 Å². The Balaban J connectivity index is 2.87. The molecule has 1 aromatic rings. The number of hydrogen-bond acceptors (Lipinski definition) is 9. The lowest BCUT2D eigenvalue weighted by Gasteiger charge is -2.24. The maximum atomic E-state index is 12.6. The summed E-state index contributed by atoms with van der Waals surface area (Å²) in [4.78, 5) is 70.9. The number of hydrogen-bond donors (Lipinski definition) is 9. The van der Waals surface area contributed by atoms with Crippen LogP contribution in [-0.2, 0) is 35.2 Å². The van der Waals surface area contributed by atoms with Crippen LogP contribution in [0.25, 0.3) is 0 Å². The monoisotopic (exact) mass is 528 g/mol. The van der Waals surface area contributed by atoms with Crippen molar-refractivity contribution in [3.8, 4) is 5.75 Å². The molecule has 1 rings (SSSR count). The Morgan fingerprint density at radius 2 is 1.33 bits per heavy atom. The number of benzene rings is 1. The molecule has 0 aliphatic rings. The molecule has 4 atom stereocenters. The molecule has 9 N–H and O–H groups in total. The van der Waals surface area contributed by atoms with Crippen LogP contribution in [0.15, 0.2) is 24.3 Å². The first-order valence-corrected chi connectivity index (χ1v) is 11.2. The fourth-order valence-electron chi connectivity index (χ4n) is 2.88. The third-order valence-electron chi connectivity index (χ3n) is 4.82. The minimum Gasteiger partial charge on any atom is -0.508 e. The maximum Gasteiger partial charge on any atom is 0.326 e. The summed E-state index contributed by atoms with van der Waals surface area (Å²) in [5.74, 6) is -7.32. The largest absolute Gasteiger partial charge is 0.508 e. The lowest BCUT2D eigenvalue weighted by molar-refractivity contribution is -0.143. The number of aromatic hydroxyl groups is 1. The van der Waals surface area contributed by atoms with Gasteiger partial charge in [0.25, 0.3) is 0 Å². The molecule has 1 aromatic carbocycles. The average Bonchev–Trinajstić information content (AvgIpc) is 2.80. The maximum absolute atomic E-state index is 12.6. The van der Waals surface area contributed by atoms with Crippen LogP contribution in [0.1, 0.15) is 24.8 Å². The number of carboxylic acid groups (broad SMARTS) is 3. The Bertz CT molecular complexity index is 972. The lowest BCUT2D eigenvalue weighted by Crippen LogP contribution is -2.58. The van der Waals surface area contributed by atoms with Gasteiger partial charge in [0.05, 0.1) is 12.5 Å². The molecule has 0 saturated carbocycles. The molecule has 0 fully saturated rings. The van der Waals surface area contributed by atoms with Gasteiger partial charge < -0.3 is 42.1 Å². The van der Waals surface area contributed by atoms with E-state index in [2.05, 4.69) is 28.6 Å². The van der Waals surface area contributed by atoms with Crippen molar-refractivity contribution in [1.82, 2.24) is 16.0 Å². The van der Waals surface area contributed by atoms with Gasteiger partial charge in [-0.25, -0.2) is 4.79 Å². The number of phenolic OH excluding ortho intramolecular Hbond substituents is 1. The molecule has 3 amide bonds. The van der Waals surface area contributed by atoms with Gasteiger partial charge in [-0.05, 0) is 24.1 Å². The zero-order chi connectivity index (χ0) is 27.4. The highest BCUT2D eigenvalue weighted by Crippen LogP contribution is 2.11. The first-order chi connectivity index (χ1) is 16.8. The van der Waals surface area contributed by atoms with Crippen LogP contribution in [-0.4, -0.2) is 86.0 Å². The number of aliphatic carboxylic acids is 3. The summed E-state index contributed by atoms with van der Waals surface area (Å²) in [6.07, 6.45) is -1.70. The van der Waals surface area contributed by atoms with E-state index >= 15 is 0 Å². The SMILES string of the molecule is NC(CCC(=O)O)C(=O)NC(CC(=O)O)C(=O)NC(CS)C(=O)NC(Cc1ccc(O)cc1)C(=O)O. The molecule has 0 saturated heterocycles. The van der Waals surface area contributed by atoms with Gasteiger partial charge in [0, 0.05) is 18.6 Å². The van der Waals surface area contributed by atoms with Gasteiger partial charge in [-0.15, -0.1) is 0 Å². The van der Waals surface area contributed by atoms with Crippen LogP contribution >= 0.6 is 12.6 Å². The molecule has 0 aliphatic carbocycles. The second kappa shape index (κ2) is 14.5. The van der Waals surface area contributed by atoms with E-state index in [1.54, 1.807) is 0 Å². The minimum atomic E-state index is -1.66. The second-order valence-corrected chi connectivity index (χ2v) is 8.08. The number of rotatable bonds is 15. The van der Waals surface area contributed by atoms with E-state index in [1.807, 2.05) is 0 Å². The van der Waals surface area contributed by atoms with Crippen molar-refractivity contribution < 1.29 is 49.2 Å². The van der Waals surface area contributed by atoms with Gasteiger partial charge in [0.15, 0.2) is 0 Å². The first-order valence-electron chi connectivity index (χ1n) is 10.6. The van der Waals surface area contributed by atoms with Crippen molar-refractivity contribution in [2.75, 3.05) is 5.75 Å². The summed E-state index contributed by atoms with van der Waals surface area (Å²) in [7, 11) is 0. The van der Waals surface area contributed by atoms with E-state index in [1.165, 1.54) is 24.3 Å². The van der Waals surface area contributed by atoms with Crippen molar-refractivity contribution >= 4 is 48.3 Å². The number of carbonyl (C=O) groups is 6. The number of amides is 3. The molecule has 15 heteroatoms. The van der Waals surface area contributed by atoms with Gasteiger partial charge in [-0.1, -0.05) is 12.1 Å². The van der Waals surface area contributed by atoms with Gasteiger partial charge >= 0.3 is 17.9 Å². The normalized spacial score (nSPS) is 13.9. The van der Waals surface area contributed by atoms with E-state index in [0.717, 1.165) is 0 Å². The van der Waals surface area contributed by atoms with Gasteiger partial charge in [0.2, 0.25) is 17.7 Å².